The summed E-state index contributed by atoms with van der Waals surface area (Å²) < 4.78 is 31.4. The first-order valence-corrected chi connectivity index (χ1v) is 17.8. The van der Waals surface area contributed by atoms with Crippen LogP contribution in [0.3, 0.4) is 0 Å². The molecule has 0 bridgehead atoms. The number of anilines is 1. The van der Waals surface area contributed by atoms with Gasteiger partial charge in [-0.2, -0.15) is 0 Å². The van der Waals surface area contributed by atoms with Gasteiger partial charge in [0.15, 0.2) is 0 Å². The van der Waals surface area contributed by atoms with E-state index in [0.29, 0.717) is 36.4 Å². The van der Waals surface area contributed by atoms with Gasteiger partial charge in [-0.15, -0.1) is 0 Å². The number of carbonyl (C=O) groups is 2. The maximum Gasteiger partial charge on any atom is 0.238 e. The fourth-order valence-corrected chi connectivity index (χ4v) is 8.75. The molecule has 13 heteroatoms. The van der Waals surface area contributed by atoms with Crippen LogP contribution in [0.15, 0.2) is 36.5 Å². The fourth-order valence-electron chi connectivity index (χ4n) is 7.91. The van der Waals surface area contributed by atoms with Crippen LogP contribution in [0.4, 0.5) is 5.69 Å². The molecule has 44 heavy (non-hydrogen) atoms. The average Bonchev–Trinajstić information content (AvgIpc) is 3.42. The number of pyridine rings is 1. The summed E-state index contributed by atoms with van der Waals surface area (Å²) in [4.78, 5) is 33.1. The quantitative estimate of drug-likeness (QED) is 0.344. The van der Waals surface area contributed by atoms with E-state index >= 15 is 0 Å². The highest BCUT2D eigenvalue weighted by molar-refractivity contribution is 7.88. The minimum Gasteiger partial charge on any atom is -0.375 e. The molecule has 0 radical (unpaired) electrons. The Morgan fingerprint density at radius 3 is 2.52 bits per heavy atom. The maximum absolute atomic E-state index is 14.6. The van der Waals surface area contributed by atoms with E-state index in [2.05, 4.69) is 39.5 Å². The molecule has 1 aromatic carbocycles. The van der Waals surface area contributed by atoms with Crippen LogP contribution in [0.5, 0.6) is 0 Å². The van der Waals surface area contributed by atoms with Crippen LogP contribution in [0.2, 0.25) is 10.2 Å². The van der Waals surface area contributed by atoms with Crippen LogP contribution in [-0.4, -0.2) is 68.4 Å². The summed E-state index contributed by atoms with van der Waals surface area (Å²) in [5.74, 6) is -0.971. The Kier molecular flexibility index (Phi) is 8.29. The monoisotopic (exact) mass is 663 g/mol. The smallest absolute Gasteiger partial charge is 0.238 e. The molecule has 3 aliphatic heterocycles. The first-order valence-electron chi connectivity index (χ1n) is 15.1. The maximum atomic E-state index is 14.6. The van der Waals surface area contributed by atoms with Gasteiger partial charge in [-0.1, -0.05) is 43.1 Å². The molecule has 2 saturated heterocycles. The Labute approximate surface area is 268 Å². The van der Waals surface area contributed by atoms with Crippen molar-refractivity contribution in [2.45, 2.75) is 87.4 Å². The molecule has 4 heterocycles. The predicted molar refractivity (Wildman–Crippen MR) is 169 cm³/mol. The van der Waals surface area contributed by atoms with Gasteiger partial charge in [-0.05, 0) is 79.3 Å². The Bertz CT molecular complexity index is 1570. The SMILES string of the molecule is CC1(C)CCC2(CC1)N[C@@H](C(=O)N[C@@H]1CC[C@@H](CNS(C)(=O)=O)OC1)[C@H](c1ccnc(Cl)c1)[C@]21C(=O)Nc2cc(Cl)ccc21. The summed E-state index contributed by atoms with van der Waals surface area (Å²) >= 11 is 12.8. The summed E-state index contributed by atoms with van der Waals surface area (Å²) in [5, 5.41) is 10.9. The molecule has 2 amide bonds. The van der Waals surface area contributed by atoms with E-state index in [1.165, 1.54) is 0 Å². The van der Waals surface area contributed by atoms with Gasteiger partial charge in [0.05, 0.1) is 31.1 Å². The third-order valence-corrected chi connectivity index (χ3v) is 11.3. The molecule has 4 aliphatic rings. The molecule has 5 atom stereocenters. The number of ether oxygens (including phenoxy) is 1. The number of sulfonamides is 1. The van der Waals surface area contributed by atoms with Crippen LogP contribution in [-0.2, 0) is 29.8 Å². The third-order valence-electron chi connectivity index (χ3n) is 10.1. The second kappa shape index (κ2) is 11.5. The van der Waals surface area contributed by atoms with Gasteiger partial charge in [-0.3, -0.25) is 14.9 Å². The Hall–Kier alpha value is -2.28. The van der Waals surface area contributed by atoms with E-state index in [0.717, 1.165) is 30.2 Å². The zero-order valence-corrected chi connectivity index (χ0v) is 27.4. The number of halogens is 2. The molecule has 1 saturated carbocycles. The molecule has 0 unspecified atom stereocenters. The van der Waals surface area contributed by atoms with Crippen molar-refractivity contribution >= 4 is 50.7 Å². The van der Waals surface area contributed by atoms with Crippen molar-refractivity contribution in [3.05, 3.63) is 57.8 Å². The van der Waals surface area contributed by atoms with Gasteiger partial charge in [0.25, 0.3) is 0 Å². The van der Waals surface area contributed by atoms with Gasteiger partial charge < -0.3 is 15.4 Å². The van der Waals surface area contributed by atoms with Crippen molar-refractivity contribution in [1.29, 1.82) is 0 Å². The van der Waals surface area contributed by atoms with Crippen molar-refractivity contribution in [3.8, 4) is 0 Å². The van der Waals surface area contributed by atoms with Crippen molar-refractivity contribution in [2.75, 3.05) is 24.7 Å². The standard InChI is InChI=1S/C31H39Cl2N5O5S/c1-29(2)9-11-30(12-10-29)31(22-7-4-19(32)15-23(22)37-28(31)40)25(18-8-13-34-24(33)14-18)26(38-30)27(39)36-20-5-6-21(43-17-20)16-35-44(3,41)42/h4,7-8,13-15,20-21,25-26,35,38H,5-6,9-12,16-17H2,1-3H3,(H,36,39)(H,37,40)/t20-,21+,25+,26-,31-/m1/s1. The summed E-state index contributed by atoms with van der Waals surface area (Å²) in [6.45, 7) is 4.94. The first kappa shape index (κ1) is 31.7. The van der Waals surface area contributed by atoms with E-state index < -0.39 is 32.9 Å². The van der Waals surface area contributed by atoms with Crippen molar-refractivity contribution in [3.63, 3.8) is 0 Å². The number of amides is 2. The second-order valence-electron chi connectivity index (χ2n) is 13.6. The highest BCUT2D eigenvalue weighted by Crippen LogP contribution is 2.63. The molecule has 2 aromatic rings. The summed E-state index contributed by atoms with van der Waals surface area (Å²) in [7, 11) is -3.32. The lowest BCUT2D eigenvalue weighted by Crippen LogP contribution is -2.61. The Morgan fingerprint density at radius 2 is 1.86 bits per heavy atom. The lowest BCUT2D eigenvalue weighted by molar-refractivity contribution is -0.125. The highest BCUT2D eigenvalue weighted by Gasteiger charge is 2.72. The van der Waals surface area contributed by atoms with Gasteiger partial charge >= 0.3 is 0 Å². The van der Waals surface area contributed by atoms with Crippen molar-refractivity contribution in [2.24, 2.45) is 5.41 Å². The van der Waals surface area contributed by atoms with Gasteiger partial charge in [0.2, 0.25) is 21.8 Å². The average molecular weight is 665 g/mol. The normalized spacial score (nSPS) is 30.7. The second-order valence-corrected chi connectivity index (χ2v) is 16.2. The number of carbonyl (C=O) groups excluding carboxylic acids is 2. The number of hydrogen-bond acceptors (Lipinski definition) is 7. The molecule has 4 N–H and O–H groups in total. The van der Waals surface area contributed by atoms with E-state index in [-0.39, 0.29) is 47.7 Å². The lowest BCUT2D eigenvalue weighted by atomic mass is 9.53. The van der Waals surface area contributed by atoms with Crippen LogP contribution in [0, 0.1) is 5.41 Å². The number of benzene rings is 1. The number of fused-ring (bicyclic) bond motifs is 3. The molecule has 3 fully saturated rings. The van der Waals surface area contributed by atoms with E-state index in [4.69, 9.17) is 27.9 Å². The lowest BCUT2D eigenvalue weighted by Gasteiger charge is -2.50. The fraction of sp³-hybridized carbons (Fsp3) is 0.581. The van der Waals surface area contributed by atoms with E-state index in [1.54, 1.807) is 24.4 Å². The molecule has 1 aromatic heterocycles. The third kappa shape index (κ3) is 5.64. The molecule has 1 aliphatic carbocycles. The molecule has 10 nitrogen and oxygen atoms in total. The van der Waals surface area contributed by atoms with Gasteiger partial charge in [0.1, 0.15) is 10.6 Å². The zero-order chi connectivity index (χ0) is 31.5. The number of nitrogens with zero attached hydrogens (tertiary/aromatic N) is 1. The molecular weight excluding hydrogens is 625 g/mol. The number of hydrogen-bond donors (Lipinski definition) is 4. The van der Waals surface area contributed by atoms with Crippen LogP contribution in [0.1, 0.15) is 69.4 Å². The first-order chi connectivity index (χ1) is 20.7. The van der Waals surface area contributed by atoms with Crippen molar-refractivity contribution < 1.29 is 22.7 Å². The van der Waals surface area contributed by atoms with Crippen LogP contribution in [0.25, 0.3) is 0 Å². The summed E-state index contributed by atoms with van der Waals surface area (Å²) in [6, 6.07) is 8.09. The number of aromatic nitrogens is 1. The largest absolute Gasteiger partial charge is 0.375 e. The Balaban J connectivity index is 1.37. The highest BCUT2D eigenvalue weighted by atomic mass is 35.5. The Morgan fingerprint density at radius 1 is 1.11 bits per heavy atom. The van der Waals surface area contributed by atoms with Crippen LogP contribution < -0.4 is 20.7 Å². The van der Waals surface area contributed by atoms with Gasteiger partial charge in [0, 0.05) is 34.9 Å². The summed E-state index contributed by atoms with van der Waals surface area (Å²) in [5.41, 5.74) is 0.526. The predicted octanol–water partition coefficient (Wildman–Crippen LogP) is 3.89. The van der Waals surface area contributed by atoms with E-state index in [9.17, 15) is 18.0 Å². The number of nitrogens with one attached hydrogen (secondary N) is 4. The summed E-state index contributed by atoms with van der Waals surface area (Å²) in [6.07, 6.45) is 6.87. The number of rotatable bonds is 6. The van der Waals surface area contributed by atoms with Gasteiger partial charge in [-0.25, -0.2) is 18.1 Å². The minimum atomic E-state index is -3.32. The molecule has 2 spiro atoms. The molecule has 238 valence electrons. The molecular formula is C31H39Cl2N5O5S. The molecule has 6 rings (SSSR count). The van der Waals surface area contributed by atoms with Crippen molar-refractivity contribution in [1.82, 2.24) is 20.3 Å². The minimum absolute atomic E-state index is 0.101. The topological polar surface area (TPSA) is 139 Å². The van der Waals surface area contributed by atoms with Crippen LogP contribution >= 0.6 is 23.2 Å². The van der Waals surface area contributed by atoms with E-state index in [1.807, 2.05) is 12.1 Å². The zero-order valence-electron chi connectivity index (χ0n) is 25.1.